The monoisotopic (exact) mass is 568 g/mol. The Morgan fingerprint density at radius 3 is 2.51 bits per heavy atom. The number of nitrogens with zero attached hydrogens (tertiary/aromatic N) is 2. The lowest BCUT2D eigenvalue weighted by Gasteiger charge is -2.40. The van der Waals surface area contributed by atoms with E-state index in [2.05, 4.69) is 14.8 Å². The van der Waals surface area contributed by atoms with E-state index in [0.29, 0.717) is 22.6 Å². The third-order valence-electron chi connectivity index (χ3n) is 8.30. The Labute approximate surface area is 232 Å². The van der Waals surface area contributed by atoms with Gasteiger partial charge in [0.05, 0.1) is 12.7 Å². The summed E-state index contributed by atoms with van der Waals surface area (Å²) >= 11 is 0. The van der Waals surface area contributed by atoms with Crippen molar-refractivity contribution in [1.29, 1.82) is 0 Å². The number of hydrogen-bond acceptors (Lipinski definition) is 7. The highest BCUT2D eigenvalue weighted by Gasteiger charge is 2.42. The van der Waals surface area contributed by atoms with Crippen molar-refractivity contribution in [3.05, 3.63) is 65.6 Å². The fourth-order valence-electron chi connectivity index (χ4n) is 6.39. The van der Waals surface area contributed by atoms with E-state index in [1.807, 2.05) is 18.2 Å². The van der Waals surface area contributed by atoms with Crippen molar-refractivity contribution >= 4 is 22.6 Å². The maximum absolute atomic E-state index is 13.1. The zero-order valence-corrected chi connectivity index (χ0v) is 21.9. The second kappa shape index (κ2) is 9.83. The number of halogens is 3. The normalized spacial score (nSPS) is 22.4. The van der Waals surface area contributed by atoms with Crippen LogP contribution in [0.15, 0.2) is 57.5 Å². The van der Waals surface area contributed by atoms with Gasteiger partial charge in [0, 0.05) is 46.3 Å². The highest BCUT2D eigenvalue weighted by molar-refractivity contribution is 5.92. The van der Waals surface area contributed by atoms with E-state index in [9.17, 15) is 23.1 Å². The minimum absolute atomic E-state index is 0.0359. The number of fused-ring (bicyclic) bond motifs is 3. The van der Waals surface area contributed by atoms with Crippen molar-refractivity contribution in [2.24, 2.45) is 0 Å². The van der Waals surface area contributed by atoms with Gasteiger partial charge in [0.15, 0.2) is 0 Å². The van der Waals surface area contributed by atoms with Crippen LogP contribution >= 0.6 is 0 Å². The van der Waals surface area contributed by atoms with Crippen LogP contribution in [0.3, 0.4) is 0 Å². The van der Waals surface area contributed by atoms with E-state index in [-0.39, 0.29) is 47.8 Å². The highest BCUT2D eigenvalue weighted by Crippen LogP contribution is 2.46. The third kappa shape index (κ3) is 5.03. The summed E-state index contributed by atoms with van der Waals surface area (Å²) in [5.41, 5.74) is 2.75. The largest absolute Gasteiger partial charge is 0.573 e. The summed E-state index contributed by atoms with van der Waals surface area (Å²) in [6, 6.07) is 13.8. The van der Waals surface area contributed by atoms with Gasteiger partial charge in [0.1, 0.15) is 22.8 Å². The molecule has 2 saturated heterocycles. The maximum atomic E-state index is 13.1. The lowest BCUT2D eigenvalue weighted by molar-refractivity contribution is -0.274. The summed E-state index contributed by atoms with van der Waals surface area (Å²) in [4.78, 5) is 13.7. The fourth-order valence-corrected chi connectivity index (χ4v) is 6.39. The summed E-state index contributed by atoms with van der Waals surface area (Å²) < 4.78 is 61.2. The Morgan fingerprint density at radius 1 is 1.05 bits per heavy atom. The molecule has 11 heteroatoms. The van der Waals surface area contributed by atoms with Gasteiger partial charge in [-0.2, -0.15) is 0 Å². The van der Waals surface area contributed by atoms with E-state index in [4.69, 9.17) is 13.7 Å². The molecule has 1 saturated carbocycles. The molecular weight excluding hydrogens is 541 g/mol. The van der Waals surface area contributed by atoms with Crippen LogP contribution in [0.25, 0.3) is 22.2 Å². The van der Waals surface area contributed by atoms with Gasteiger partial charge >= 0.3 is 12.3 Å². The summed E-state index contributed by atoms with van der Waals surface area (Å²) in [5, 5.41) is 14.2. The summed E-state index contributed by atoms with van der Waals surface area (Å²) in [7, 11) is 0. The van der Waals surface area contributed by atoms with Gasteiger partial charge in [0.2, 0.25) is 5.76 Å². The number of anilines is 1. The molecule has 8 nitrogen and oxygen atoms in total. The number of rotatable bonds is 8. The summed E-state index contributed by atoms with van der Waals surface area (Å²) in [6.07, 6.45) is 0.622. The quantitative estimate of drug-likeness (QED) is 0.237. The molecule has 1 N–H and O–H groups in total. The Kier molecular flexibility index (Phi) is 6.22. The topological polar surface area (TPSA) is 98.2 Å². The number of furan rings is 1. The van der Waals surface area contributed by atoms with Crippen LogP contribution in [-0.2, 0) is 11.3 Å². The molecule has 3 aliphatic rings. The molecule has 0 amide bonds. The number of piperidine rings is 1. The predicted molar refractivity (Wildman–Crippen MR) is 141 cm³/mol. The van der Waals surface area contributed by atoms with Gasteiger partial charge < -0.3 is 28.4 Å². The number of aromatic carboxylic acids is 1. The van der Waals surface area contributed by atoms with Crippen LogP contribution in [0.5, 0.6) is 5.75 Å². The Balaban J connectivity index is 1.09. The first-order chi connectivity index (χ1) is 19.7. The smallest absolute Gasteiger partial charge is 0.475 e. The molecule has 3 fully saturated rings. The fraction of sp³-hybridized carbons (Fsp3) is 0.400. The average molecular weight is 569 g/mol. The molecule has 4 aromatic rings. The van der Waals surface area contributed by atoms with Crippen molar-refractivity contribution in [2.45, 2.75) is 75.6 Å². The van der Waals surface area contributed by atoms with Crippen molar-refractivity contribution in [3.63, 3.8) is 0 Å². The minimum atomic E-state index is -4.83. The molecular formula is C30H27F3N2O6. The van der Waals surface area contributed by atoms with E-state index in [0.717, 1.165) is 49.6 Å². The molecule has 7 rings (SSSR count). The molecule has 0 unspecified atom stereocenters. The first kappa shape index (κ1) is 25.9. The predicted octanol–water partition coefficient (Wildman–Crippen LogP) is 7.28. The molecule has 2 aromatic heterocycles. The van der Waals surface area contributed by atoms with Gasteiger partial charge in [-0.25, -0.2) is 4.79 Å². The number of alkyl halides is 3. The van der Waals surface area contributed by atoms with Gasteiger partial charge in [0.25, 0.3) is 0 Å². The highest BCUT2D eigenvalue weighted by atomic mass is 19.4. The lowest BCUT2D eigenvalue weighted by atomic mass is 9.98. The van der Waals surface area contributed by atoms with E-state index in [1.54, 1.807) is 12.1 Å². The van der Waals surface area contributed by atoms with Gasteiger partial charge in [-0.3, -0.25) is 0 Å². The van der Waals surface area contributed by atoms with Crippen molar-refractivity contribution in [2.75, 3.05) is 4.90 Å². The van der Waals surface area contributed by atoms with Gasteiger partial charge in [-0.15, -0.1) is 13.2 Å². The number of benzene rings is 2. The minimum Gasteiger partial charge on any atom is -0.475 e. The first-order valence-electron chi connectivity index (χ1n) is 13.7. The van der Waals surface area contributed by atoms with Crippen LogP contribution in [0.4, 0.5) is 18.9 Å². The SMILES string of the molecule is O=C(O)c1cc2ccc(N3[C@@H]4CC[C@H]3C[C@H](OCc3c(-c5ccccc5OC(F)(F)F)noc3C3CC3)C4)cc2o1. The molecule has 0 radical (unpaired) electrons. The van der Waals surface area contributed by atoms with E-state index in [1.165, 1.54) is 18.2 Å². The standard InChI is InChI=1S/C30H27F3N2O6/c31-30(32,33)40-24-4-2-1-3-22(24)27-23(28(41-34-27)16-5-6-16)15-38-21-12-18-9-10-19(13-21)35(18)20-8-7-17-11-26(29(36)37)39-25(17)14-20/h1-4,7-8,11,14,16,18-19,21H,5-6,9-10,12-13,15H2,(H,36,37)/t18-,19+,21-. The molecule has 3 atom stereocenters. The third-order valence-corrected chi connectivity index (χ3v) is 8.30. The van der Waals surface area contributed by atoms with Crippen molar-refractivity contribution in [3.8, 4) is 17.0 Å². The first-order valence-corrected chi connectivity index (χ1v) is 13.7. The number of ether oxygens (including phenoxy) is 2. The van der Waals surface area contributed by atoms with Crippen molar-refractivity contribution < 1.29 is 41.5 Å². The second-order valence-corrected chi connectivity index (χ2v) is 11.0. The molecule has 214 valence electrons. The Morgan fingerprint density at radius 2 is 1.80 bits per heavy atom. The van der Waals surface area contributed by atoms with Crippen LogP contribution in [-0.4, -0.2) is 40.8 Å². The number of carbonyl (C=O) groups is 1. The molecule has 0 spiro atoms. The van der Waals surface area contributed by atoms with Gasteiger partial charge in [-0.05, 0) is 68.9 Å². The van der Waals surface area contributed by atoms with Crippen LogP contribution < -0.4 is 9.64 Å². The molecule has 2 aliphatic heterocycles. The molecule has 2 bridgehead atoms. The van der Waals surface area contributed by atoms with Gasteiger partial charge in [-0.1, -0.05) is 17.3 Å². The molecule has 2 aromatic carbocycles. The average Bonchev–Trinajstić information content (AvgIpc) is 3.44. The van der Waals surface area contributed by atoms with Crippen molar-refractivity contribution in [1.82, 2.24) is 5.16 Å². The van der Waals surface area contributed by atoms with Crippen LogP contribution in [0.2, 0.25) is 0 Å². The number of para-hydroxylation sites is 1. The second-order valence-electron chi connectivity index (χ2n) is 11.0. The van der Waals surface area contributed by atoms with Crippen LogP contribution in [0, 0.1) is 0 Å². The zero-order chi connectivity index (χ0) is 28.3. The van der Waals surface area contributed by atoms with E-state index < -0.39 is 12.3 Å². The van der Waals surface area contributed by atoms with Crippen LogP contribution in [0.1, 0.15) is 66.3 Å². The Bertz CT molecular complexity index is 1590. The number of carboxylic acids is 1. The lowest BCUT2D eigenvalue weighted by Crippen LogP contribution is -2.45. The molecule has 4 heterocycles. The Hall–Kier alpha value is -3.99. The zero-order valence-electron chi connectivity index (χ0n) is 21.9. The summed E-state index contributed by atoms with van der Waals surface area (Å²) in [5.74, 6) is -0.639. The van der Waals surface area contributed by atoms with E-state index >= 15 is 0 Å². The molecule has 41 heavy (non-hydrogen) atoms. The number of aromatic nitrogens is 1. The number of carboxylic acid groups (broad SMARTS) is 1. The number of hydrogen-bond donors (Lipinski definition) is 1. The summed E-state index contributed by atoms with van der Waals surface area (Å²) in [6.45, 7) is 0.186. The maximum Gasteiger partial charge on any atom is 0.573 e. The molecule has 1 aliphatic carbocycles.